The van der Waals surface area contributed by atoms with Crippen molar-refractivity contribution in [3.05, 3.63) is 24.3 Å². The number of aromatic amines is 1. The van der Waals surface area contributed by atoms with Crippen LogP contribution in [0.2, 0.25) is 0 Å². The van der Waals surface area contributed by atoms with Crippen LogP contribution >= 0.6 is 23.5 Å². The van der Waals surface area contributed by atoms with Crippen LogP contribution in [-0.2, 0) is 0 Å². The third-order valence-corrected chi connectivity index (χ3v) is 4.33. The highest BCUT2D eigenvalue weighted by Gasteiger charge is 2.10. The van der Waals surface area contributed by atoms with Crippen LogP contribution < -0.4 is 0 Å². The molecule has 0 amide bonds. The molecule has 0 bridgehead atoms. The highest BCUT2D eigenvalue weighted by molar-refractivity contribution is 8.02. The fraction of sp³-hybridized carbons (Fsp3) is 0.273. The Labute approximate surface area is 107 Å². The molecule has 3 rings (SSSR count). The zero-order chi connectivity index (χ0) is 11.7. The standard InChI is InChI=1S/C11H12N4S2/c1-16-6-7-17-11-14-13-10-12-8-4-2-3-5-9(8)15(10)11/h2-5H,6-7H2,1H3,(H,12,13). The van der Waals surface area contributed by atoms with E-state index in [0.717, 1.165) is 33.5 Å². The van der Waals surface area contributed by atoms with Crippen LogP contribution in [0.4, 0.5) is 0 Å². The van der Waals surface area contributed by atoms with Gasteiger partial charge in [-0.3, -0.25) is 4.40 Å². The van der Waals surface area contributed by atoms with Crippen LogP contribution in [0.25, 0.3) is 16.8 Å². The number of imidazole rings is 1. The van der Waals surface area contributed by atoms with Gasteiger partial charge in [-0.1, -0.05) is 23.9 Å². The lowest BCUT2D eigenvalue weighted by Crippen LogP contribution is -1.88. The molecular formula is C11H12N4S2. The van der Waals surface area contributed by atoms with Crippen molar-refractivity contribution < 1.29 is 0 Å². The zero-order valence-electron chi connectivity index (χ0n) is 9.38. The fourth-order valence-corrected chi connectivity index (χ4v) is 3.36. The minimum atomic E-state index is 0.817. The van der Waals surface area contributed by atoms with Crippen molar-refractivity contribution in [1.82, 2.24) is 19.6 Å². The number of thioether (sulfide) groups is 2. The van der Waals surface area contributed by atoms with Gasteiger partial charge in [-0.25, -0.2) is 10.1 Å². The molecule has 0 radical (unpaired) electrons. The van der Waals surface area contributed by atoms with Crippen molar-refractivity contribution in [2.24, 2.45) is 0 Å². The van der Waals surface area contributed by atoms with Crippen molar-refractivity contribution in [2.45, 2.75) is 5.16 Å². The Hall–Kier alpha value is -1.14. The van der Waals surface area contributed by atoms with Gasteiger partial charge in [-0.2, -0.15) is 11.8 Å². The van der Waals surface area contributed by atoms with E-state index in [1.54, 1.807) is 11.8 Å². The van der Waals surface area contributed by atoms with Crippen LogP contribution in [0.1, 0.15) is 0 Å². The minimum absolute atomic E-state index is 0.817. The summed E-state index contributed by atoms with van der Waals surface area (Å²) in [4.78, 5) is 4.49. The molecule has 0 fully saturated rings. The van der Waals surface area contributed by atoms with Gasteiger partial charge in [0, 0.05) is 11.5 Å². The molecule has 0 saturated heterocycles. The molecule has 0 spiro atoms. The largest absolute Gasteiger partial charge is 0.254 e. The molecule has 88 valence electrons. The number of aromatic nitrogens is 4. The Balaban J connectivity index is 2.06. The SMILES string of the molecule is CSCCSc1n[nH]c2nc3ccccc3n12. The van der Waals surface area contributed by atoms with Crippen molar-refractivity contribution in [1.29, 1.82) is 0 Å². The van der Waals surface area contributed by atoms with Crippen LogP contribution in [0.3, 0.4) is 0 Å². The molecule has 2 aromatic heterocycles. The number of benzene rings is 1. The second kappa shape index (κ2) is 4.62. The maximum atomic E-state index is 4.49. The van der Waals surface area contributed by atoms with Crippen molar-refractivity contribution >= 4 is 40.3 Å². The van der Waals surface area contributed by atoms with E-state index in [4.69, 9.17) is 0 Å². The molecule has 2 heterocycles. The molecule has 1 aromatic carbocycles. The first-order valence-electron chi connectivity index (χ1n) is 5.33. The number of hydrogen-bond donors (Lipinski definition) is 1. The van der Waals surface area contributed by atoms with E-state index in [0.29, 0.717) is 0 Å². The number of hydrogen-bond acceptors (Lipinski definition) is 4. The maximum Gasteiger partial charge on any atom is 0.231 e. The van der Waals surface area contributed by atoms with Gasteiger partial charge in [-0.05, 0) is 18.4 Å². The molecule has 4 nitrogen and oxygen atoms in total. The molecule has 0 atom stereocenters. The van der Waals surface area contributed by atoms with E-state index in [2.05, 4.69) is 31.9 Å². The molecule has 1 N–H and O–H groups in total. The molecule has 3 aromatic rings. The van der Waals surface area contributed by atoms with E-state index in [-0.39, 0.29) is 0 Å². The van der Waals surface area contributed by atoms with E-state index >= 15 is 0 Å². The summed E-state index contributed by atoms with van der Waals surface area (Å²) in [6, 6.07) is 8.12. The first kappa shape index (κ1) is 11.0. The molecule has 6 heteroatoms. The maximum absolute atomic E-state index is 4.49. The van der Waals surface area contributed by atoms with Crippen LogP contribution in [0.15, 0.2) is 29.4 Å². The first-order valence-corrected chi connectivity index (χ1v) is 7.71. The van der Waals surface area contributed by atoms with Crippen molar-refractivity contribution in [2.75, 3.05) is 17.8 Å². The monoisotopic (exact) mass is 264 g/mol. The van der Waals surface area contributed by atoms with Gasteiger partial charge in [0.1, 0.15) is 0 Å². The Morgan fingerprint density at radius 2 is 2.18 bits per heavy atom. The molecular weight excluding hydrogens is 252 g/mol. The van der Waals surface area contributed by atoms with Crippen LogP contribution in [0.5, 0.6) is 0 Å². The minimum Gasteiger partial charge on any atom is -0.254 e. The molecule has 0 aliphatic carbocycles. The quantitative estimate of drug-likeness (QED) is 0.581. The van der Waals surface area contributed by atoms with Crippen LogP contribution in [-0.4, -0.2) is 37.3 Å². The summed E-state index contributed by atoms with van der Waals surface area (Å²) in [5, 5.41) is 8.27. The van der Waals surface area contributed by atoms with Gasteiger partial charge >= 0.3 is 0 Å². The number of para-hydroxylation sites is 2. The smallest absolute Gasteiger partial charge is 0.231 e. The second-order valence-corrected chi connectivity index (χ2v) is 5.65. The lowest BCUT2D eigenvalue weighted by atomic mass is 10.3. The topological polar surface area (TPSA) is 46.0 Å². The normalized spacial score (nSPS) is 11.6. The molecule has 0 unspecified atom stereocenters. The number of rotatable bonds is 4. The Bertz CT molecular complexity index is 643. The number of fused-ring (bicyclic) bond motifs is 3. The molecule has 0 saturated carbocycles. The Morgan fingerprint density at radius 1 is 1.29 bits per heavy atom. The van der Waals surface area contributed by atoms with Gasteiger partial charge in [0.15, 0.2) is 5.16 Å². The van der Waals surface area contributed by atoms with E-state index in [1.807, 2.05) is 30.0 Å². The second-order valence-electron chi connectivity index (χ2n) is 3.61. The first-order chi connectivity index (χ1) is 8.40. The summed E-state index contributed by atoms with van der Waals surface area (Å²) in [7, 11) is 0. The highest BCUT2D eigenvalue weighted by Crippen LogP contribution is 2.23. The Kier molecular flexibility index (Phi) is 2.98. The summed E-state index contributed by atoms with van der Waals surface area (Å²) in [6.45, 7) is 0. The number of nitrogens with one attached hydrogen (secondary N) is 1. The van der Waals surface area contributed by atoms with Gasteiger partial charge in [0.2, 0.25) is 5.78 Å². The average Bonchev–Trinajstić information content (AvgIpc) is 2.89. The molecule has 17 heavy (non-hydrogen) atoms. The lowest BCUT2D eigenvalue weighted by molar-refractivity contribution is 0.941. The fourth-order valence-electron chi connectivity index (χ4n) is 1.76. The van der Waals surface area contributed by atoms with Gasteiger partial charge < -0.3 is 0 Å². The predicted molar refractivity (Wildman–Crippen MR) is 73.9 cm³/mol. The summed E-state index contributed by atoms with van der Waals surface area (Å²) >= 11 is 3.61. The highest BCUT2D eigenvalue weighted by atomic mass is 32.2. The summed E-state index contributed by atoms with van der Waals surface area (Å²) < 4.78 is 2.08. The summed E-state index contributed by atoms with van der Waals surface area (Å²) in [5.41, 5.74) is 2.12. The predicted octanol–water partition coefficient (Wildman–Crippen LogP) is 2.67. The van der Waals surface area contributed by atoms with E-state index in [1.165, 1.54) is 0 Å². The van der Waals surface area contributed by atoms with Gasteiger partial charge in [0.05, 0.1) is 11.0 Å². The Morgan fingerprint density at radius 3 is 3.06 bits per heavy atom. The van der Waals surface area contributed by atoms with E-state index in [9.17, 15) is 0 Å². The third-order valence-electron chi connectivity index (χ3n) is 2.52. The third kappa shape index (κ3) is 1.91. The van der Waals surface area contributed by atoms with Crippen LogP contribution in [0, 0.1) is 0 Å². The van der Waals surface area contributed by atoms with Crippen molar-refractivity contribution in [3.8, 4) is 0 Å². The molecule has 0 aliphatic rings. The number of H-pyrrole nitrogens is 1. The van der Waals surface area contributed by atoms with E-state index < -0.39 is 0 Å². The zero-order valence-corrected chi connectivity index (χ0v) is 11.0. The summed E-state index contributed by atoms with van der Waals surface area (Å²) in [6.07, 6.45) is 2.12. The van der Waals surface area contributed by atoms with Gasteiger partial charge in [-0.15, -0.1) is 5.10 Å². The summed E-state index contributed by atoms with van der Waals surface area (Å²) in [5.74, 6) is 3.01. The lowest BCUT2D eigenvalue weighted by Gasteiger charge is -1.97. The molecule has 0 aliphatic heterocycles. The van der Waals surface area contributed by atoms with Gasteiger partial charge in [0.25, 0.3) is 0 Å². The average molecular weight is 264 g/mol. The van der Waals surface area contributed by atoms with Crippen molar-refractivity contribution in [3.63, 3.8) is 0 Å². The number of nitrogens with zero attached hydrogens (tertiary/aromatic N) is 3.